The highest BCUT2D eigenvalue weighted by Gasteiger charge is 2.12. The van der Waals surface area contributed by atoms with E-state index in [1.165, 1.54) is 5.57 Å². The highest BCUT2D eigenvalue weighted by atomic mass is 35.5. The minimum atomic E-state index is 0. The van der Waals surface area contributed by atoms with Crippen LogP contribution in [0.15, 0.2) is 30.0 Å². The van der Waals surface area contributed by atoms with E-state index in [9.17, 15) is 0 Å². The Morgan fingerprint density at radius 1 is 1.19 bits per heavy atom. The number of nitrogens with two attached hydrogens (primary N) is 1. The quantitative estimate of drug-likeness (QED) is 0.843. The van der Waals surface area contributed by atoms with Gasteiger partial charge in [-0.1, -0.05) is 11.6 Å². The predicted octanol–water partition coefficient (Wildman–Crippen LogP) is 3.21. The molecule has 4 heteroatoms. The summed E-state index contributed by atoms with van der Waals surface area (Å²) in [6.45, 7) is 0. The topological polar surface area (TPSA) is 38.9 Å². The summed E-state index contributed by atoms with van der Waals surface area (Å²) in [6, 6.07) is 6.42. The van der Waals surface area contributed by atoms with Crippen LogP contribution in [0.25, 0.3) is 6.08 Å². The summed E-state index contributed by atoms with van der Waals surface area (Å²) < 4.78 is 0. The molecular formula is C12H18Cl2N2. The first-order chi connectivity index (χ1) is 6.84. The number of rotatable bonds is 1. The van der Waals surface area contributed by atoms with Gasteiger partial charge in [-0.05, 0) is 43.9 Å². The SMILES string of the molecule is Cl.Cl.NC1CCC(=Cc2ccccn2)CC1. The molecule has 0 spiro atoms. The van der Waals surface area contributed by atoms with Crippen molar-refractivity contribution in [1.29, 1.82) is 0 Å². The predicted molar refractivity (Wildman–Crippen MR) is 73.2 cm³/mol. The van der Waals surface area contributed by atoms with Crippen molar-refractivity contribution in [2.24, 2.45) is 5.73 Å². The molecule has 0 aromatic carbocycles. The summed E-state index contributed by atoms with van der Waals surface area (Å²) >= 11 is 0. The molecule has 1 saturated carbocycles. The van der Waals surface area contributed by atoms with Crippen LogP contribution >= 0.6 is 24.8 Å². The maximum atomic E-state index is 5.85. The Labute approximate surface area is 109 Å². The van der Waals surface area contributed by atoms with Crippen LogP contribution in [-0.4, -0.2) is 11.0 Å². The summed E-state index contributed by atoms with van der Waals surface area (Å²) in [4.78, 5) is 4.28. The second-order valence-electron chi connectivity index (χ2n) is 3.89. The maximum absolute atomic E-state index is 5.85. The molecule has 1 aliphatic rings. The number of hydrogen-bond acceptors (Lipinski definition) is 2. The van der Waals surface area contributed by atoms with E-state index in [0.29, 0.717) is 6.04 Å². The van der Waals surface area contributed by atoms with E-state index < -0.39 is 0 Å². The lowest BCUT2D eigenvalue weighted by Crippen LogP contribution is -2.23. The highest BCUT2D eigenvalue weighted by Crippen LogP contribution is 2.23. The van der Waals surface area contributed by atoms with Crippen molar-refractivity contribution < 1.29 is 0 Å². The first kappa shape index (κ1) is 15.4. The van der Waals surface area contributed by atoms with Crippen LogP contribution in [0.5, 0.6) is 0 Å². The second kappa shape index (κ2) is 7.66. The Hall–Kier alpha value is -0.570. The van der Waals surface area contributed by atoms with Gasteiger partial charge in [-0.3, -0.25) is 4.98 Å². The zero-order chi connectivity index (χ0) is 9.80. The monoisotopic (exact) mass is 260 g/mol. The van der Waals surface area contributed by atoms with Crippen LogP contribution in [0, 0.1) is 0 Å². The molecule has 0 bridgehead atoms. The van der Waals surface area contributed by atoms with Crippen molar-refractivity contribution in [3.63, 3.8) is 0 Å². The first-order valence-corrected chi connectivity index (χ1v) is 5.20. The highest BCUT2D eigenvalue weighted by molar-refractivity contribution is 5.85. The van der Waals surface area contributed by atoms with E-state index in [1.807, 2.05) is 24.4 Å². The van der Waals surface area contributed by atoms with Gasteiger partial charge in [-0.15, -0.1) is 24.8 Å². The molecule has 16 heavy (non-hydrogen) atoms. The van der Waals surface area contributed by atoms with E-state index in [-0.39, 0.29) is 24.8 Å². The molecule has 2 rings (SSSR count). The Kier molecular flexibility index (Phi) is 7.39. The van der Waals surface area contributed by atoms with Gasteiger partial charge in [0.05, 0.1) is 5.69 Å². The molecule has 1 fully saturated rings. The van der Waals surface area contributed by atoms with Crippen LogP contribution < -0.4 is 5.73 Å². The molecule has 0 aliphatic heterocycles. The maximum Gasteiger partial charge on any atom is 0.0629 e. The van der Waals surface area contributed by atoms with Crippen LogP contribution in [0.1, 0.15) is 31.4 Å². The number of allylic oxidation sites excluding steroid dienone is 1. The van der Waals surface area contributed by atoms with Gasteiger partial charge in [0.2, 0.25) is 0 Å². The summed E-state index contributed by atoms with van der Waals surface area (Å²) in [5.41, 5.74) is 8.41. The minimum absolute atomic E-state index is 0. The van der Waals surface area contributed by atoms with Crippen molar-refractivity contribution in [1.82, 2.24) is 4.98 Å². The van der Waals surface area contributed by atoms with Gasteiger partial charge < -0.3 is 5.73 Å². The third-order valence-corrected chi connectivity index (χ3v) is 2.71. The minimum Gasteiger partial charge on any atom is -0.328 e. The third kappa shape index (κ3) is 4.52. The van der Waals surface area contributed by atoms with Gasteiger partial charge in [0.25, 0.3) is 0 Å². The smallest absolute Gasteiger partial charge is 0.0629 e. The number of hydrogen-bond donors (Lipinski definition) is 1. The van der Waals surface area contributed by atoms with Crippen molar-refractivity contribution in [3.8, 4) is 0 Å². The Bertz CT molecular complexity index is 315. The van der Waals surface area contributed by atoms with E-state index in [0.717, 1.165) is 31.4 Å². The molecule has 1 aromatic heterocycles. The fourth-order valence-electron chi connectivity index (χ4n) is 1.83. The summed E-state index contributed by atoms with van der Waals surface area (Å²) in [6.07, 6.45) is 8.56. The standard InChI is InChI=1S/C12H16N2.2ClH/c13-11-6-4-10(5-7-11)9-12-3-1-2-8-14-12;;/h1-3,8-9,11H,4-7,13H2;2*1H. The Morgan fingerprint density at radius 2 is 1.88 bits per heavy atom. The van der Waals surface area contributed by atoms with Crippen molar-refractivity contribution in [2.45, 2.75) is 31.7 Å². The van der Waals surface area contributed by atoms with Gasteiger partial charge in [-0.2, -0.15) is 0 Å². The van der Waals surface area contributed by atoms with Gasteiger partial charge in [0.1, 0.15) is 0 Å². The Morgan fingerprint density at radius 3 is 2.44 bits per heavy atom. The van der Waals surface area contributed by atoms with Gasteiger partial charge in [0.15, 0.2) is 0 Å². The average molecular weight is 261 g/mol. The van der Waals surface area contributed by atoms with Gasteiger partial charge in [-0.25, -0.2) is 0 Å². The molecule has 0 saturated heterocycles. The van der Waals surface area contributed by atoms with Crippen molar-refractivity contribution in [3.05, 3.63) is 35.7 Å². The number of pyridine rings is 1. The lowest BCUT2D eigenvalue weighted by molar-refractivity contribution is 0.514. The summed E-state index contributed by atoms with van der Waals surface area (Å²) in [5, 5.41) is 0. The fourth-order valence-corrected chi connectivity index (χ4v) is 1.83. The molecule has 1 aliphatic carbocycles. The number of halogens is 2. The van der Waals surface area contributed by atoms with Crippen molar-refractivity contribution in [2.75, 3.05) is 0 Å². The van der Waals surface area contributed by atoms with Crippen LogP contribution in [0.3, 0.4) is 0 Å². The molecule has 2 N–H and O–H groups in total. The first-order valence-electron chi connectivity index (χ1n) is 5.20. The van der Waals surface area contributed by atoms with Crippen LogP contribution in [0.2, 0.25) is 0 Å². The van der Waals surface area contributed by atoms with E-state index >= 15 is 0 Å². The lowest BCUT2D eigenvalue weighted by Gasteiger charge is -2.19. The summed E-state index contributed by atoms with van der Waals surface area (Å²) in [7, 11) is 0. The van der Waals surface area contributed by atoms with E-state index in [4.69, 9.17) is 5.73 Å². The molecule has 2 nitrogen and oxygen atoms in total. The average Bonchev–Trinajstić information content (AvgIpc) is 2.23. The zero-order valence-electron chi connectivity index (χ0n) is 9.13. The third-order valence-electron chi connectivity index (χ3n) is 2.71. The molecule has 0 atom stereocenters. The van der Waals surface area contributed by atoms with Crippen LogP contribution in [-0.2, 0) is 0 Å². The largest absolute Gasteiger partial charge is 0.328 e. The number of aromatic nitrogens is 1. The van der Waals surface area contributed by atoms with E-state index in [2.05, 4.69) is 11.1 Å². The lowest BCUT2D eigenvalue weighted by atomic mass is 9.91. The fraction of sp³-hybridized carbons (Fsp3) is 0.417. The number of nitrogens with zero attached hydrogens (tertiary/aromatic N) is 1. The van der Waals surface area contributed by atoms with Crippen molar-refractivity contribution >= 4 is 30.9 Å². The normalized spacial score (nSPS) is 19.3. The van der Waals surface area contributed by atoms with Gasteiger partial charge >= 0.3 is 0 Å². The zero-order valence-corrected chi connectivity index (χ0v) is 10.8. The molecule has 1 heterocycles. The van der Waals surface area contributed by atoms with E-state index in [1.54, 1.807) is 0 Å². The molecule has 0 amide bonds. The molecule has 1 aromatic rings. The van der Waals surface area contributed by atoms with Gasteiger partial charge in [0, 0.05) is 12.2 Å². The molecule has 90 valence electrons. The second-order valence-corrected chi connectivity index (χ2v) is 3.89. The molecular weight excluding hydrogens is 243 g/mol. The Balaban J connectivity index is 0.00000112. The summed E-state index contributed by atoms with van der Waals surface area (Å²) in [5.74, 6) is 0. The molecule has 0 unspecified atom stereocenters. The molecule has 0 radical (unpaired) electrons. The van der Waals surface area contributed by atoms with Crippen LogP contribution in [0.4, 0.5) is 0 Å².